The minimum absolute atomic E-state index is 0.117. The molecule has 1 N–H and O–H groups in total. The zero-order chi connectivity index (χ0) is 15.0. The van der Waals surface area contributed by atoms with Gasteiger partial charge in [-0.2, -0.15) is 0 Å². The van der Waals surface area contributed by atoms with Gasteiger partial charge in [0.05, 0.1) is 6.61 Å². The fourth-order valence-electron chi connectivity index (χ4n) is 3.07. The van der Waals surface area contributed by atoms with Crippen molar-refractivity contribution in [2.75, 3.05) is 26.2 Å². The summed E-state index contributed by atoms with van der Waals surface area (Å²) in [6.07, 6.45) is 5.85. The molecule has 0 bridgehead atoms. The molecule has 2 atom stereocenters. The molecule has 1 fully saturated rings. The van der Waals surface area contributed by atoms with Crippen molar-refractivity contribution in [2.45, 2.75) is 71.4 Å². The molecule has 1 heterocycles. The van der Waals surface area contributed by atoms with E-state index in [1.54, 1.807) is 0 Å². The molecule has 2 unspecified atom stereocenters. The van der Waals surface area contributed by atoms with E-state index in [1.807, 2.05) is 20.8 Å². The summed E-state index contributed by atoms with van der Waals surface area (Å²) in [6.45, 7) is 11.7. The highest BCUT2D eigenvalue weighted by atomic mass is 16.5. The van der Waals surface area contributed by atoms with Crippen molar-refractivity contribution in [3.05, 3.63) is 0 Å². The first-order valence-corrected chi connectivity index (χ1v) is 8.19. The lowest BCUT2D eigenvalue weighted by atomic mass is 9.94. The average molecular weight is 284 g/mol. The van der Waals surface area contributed by atoms with Gasteiger partial charge in [-0.15, -0.1) is 0 Å². The highest BCUT2D eigenvalue weighted by Gasteiger charge is 2.33. The van der Waals surface area contributed by atoms with Gasteiger partial charge >= 0.3 is 5.97 Å². The third-order valence-corrected chi connectivity index (χ3v) is 4.36. The van der Waals surface area contributed by atoms with E-state index < -0.39 is 5.54 Å². The maximum absolute atomic E-state index is 12.1. The van der Waals surface area contributed by atoms with Crippen LogP contribution in [0.3, 0.4) is 0 Å². The minimum atomic E-state index is -0.538. The standard InChI is InChI=1S/C16H32N2O2/c1-5-17-16(4,15(19)20-6-2)11-9-13-18-12-8-7-10-14(18)3/h14,17H,5-13H2,1-4H3. The Morgan fingerprint density at radius 2 is 2.15 bits per heavy atom. The summed E-state index contributed by atoms with van der Waals surface area (Å²) in [4.78, 5) is 14.7. The normalized spacial score (nSPS) is 23.3. The van der Waals surface area contributed by atoms with Gasteiger partial charge in [-0.05, 0) is 66.1 Å². The molecule has 0 aromatic heterocycles. The van der Waals surface area contributed by atoms with E-state index in [4.69, 9.17) is 4.74 Å². The molecular weight excluding hydrogens is 252 g/mol. The van der Waals surface area contributed by atoms with Gasteiger partial charge < -0.3 is 15.0 Å². The zero-order valence-corrected chi connectivity index (χ0v) is 13.7. The minimum Gasteiger partial charge on any atom is -0.465 e. The number of hydrogen-bond acceptors (Lipinski definition) is 4. The number of nitrogens with one attached hydrogen (secondary N) is 1. The van der Waals surface area contributed by atoms with Crippen molar-refractivity contribution in [3.63, 3.8) is 0 Å². The zero-order valence-electron chi connectivity index (χ0n) is 13.7. The Morgan fingerprint density at radius 3 is 2.75 bits per heavy atom. The molecule has 0 aromatic carbocycles. The van der Waals surface area contributed by atoms with E-state index in [2.05, 4.69) is 17.1 Å². The highest BCUT2D eigenvalue weighted by molar-refractivity contribution is 5.80. The molecule has 0 saturated carbocycles. The van der Waals surface area contributed by atoms with Crippen molar-refractivity contribution in [2.24, 2.45) is 0 Å². The second-order valence-corrected chi connectivity index (χ2v) is 6.07. The van der Waals surface area contributed by atoms with Crippen molar-refractivity contribution < 1.29 is 9.53 Å². The van der Waals surface area contributed by atoms with Gasteiger partial charge in [-0.3, -0.25) is 4.79 Å². The summed E-state index contributed by atoms with van der Waals surface area (Å²) >= 11 is 0. The largest absolute Gasteiger partial charge is 0.465 e. The van der Waals surface area contributed by atoms with Crippen LogP contribution in [0.15, 0.2) is 0 Å². The molecule has 1 aliphatic heterocycles. The van der Waals surface area contributed by atoms with E-state index >= 15 is 0 Å². The summed E-state index contributed by atoms with van der Waals surface area (Å²) in [5.41, 5.74) is -0.538. The Hall–Kier alpha value is -0.610. The van der Waals surface area contributed by atoms with E-state index in [-0.39, 0.29) is 5.97 Å². The first-order chi connectivity index (χ1) is 9.53. The molecule has 1 aliphatic rings. The SMILES string of the molecule is CCNC(C)(CCCN1CCCCC1C)C(=O)OCC. The van der Waals surface area contributed by atoms with Crippen molar-refractivity contribution in [3.8, 4) is 0 Å². The third kappa shape index (κ3) is 5.06. The predicted octanol–water partition coefficient (Wildman–Crippen LogP) is 2.57. The van der Waals surface area contributed by atoms with E-state index in [9.17, 15) is 4.79 Å². The molecule has 20 heavy (non-hydrogen) atoms. The van der Waals surface area contributed by atoms with E-state index in [0.29, 0.717) is 12.6 Å². The monoisotopic (exact) mass is 284 g/mol. The lowest BCUT2D eigenvalue weighted by Gasteiger charge is -2.34. The summed E-state index contributed by atoms with van der Waals surface area (Å²) in [7, 11) is 0. The Labute approximate surface area is 124 Å². The summed E-state index contributed by atoms with van der Waals surface area (Å²) in [5, 5.41) is 3.30. The Kier molecular flexibility index (Phi) is 7.52. The number of piperidine rings is 1. The summed E-state index contributed by atoms with van der Waals surface area (Å²) in [6, 6.07) is 0.691. The van der Waals surface area contributed by atoms with Crippen LogP contribution in [0, 0.1) is 0 Å². The Balaban J connectivity index is 2.43. The van der Waals surface area contributed by atoms with Gasteiger partial charge in [0.1, 0.15) is 5.54 Å². The number of carbonyl (C=O) groups is 1. The lowest BCUT2D eigenvalue weighted by Crippen LogP contribution is -2.51. The Bertz CT molecular complexity index is 296. The van der Waals surface area contributed by atoms with Crippen LogP contribution in [-0.4, -0.2) is 48.7 Å². The second kappa shape index (κ2) is 8.63. The number of rotatable bonds is 8. The molecule has 1 rings (SSSR count). The van der Waals surface area contributed by atoms with Gasteiger partial charge in [0.2, 0.25) is 0 Å². The van der Waals surface area contributed by atoms with Crippen LogP contribution in [0.2, 0.25) is 0 Å². The van der Waals surface area contributed by atoms with Crippen molar-refractivity contribution >= 4 is 5.97 Å². The smallest absolute Gasteiger partial charge is 0.326 e. The molecule has 4 heteroatoms. The van der Waals surface area contributed by atoms with Crippen molar-refractivity contribution in [1.29, 1.82) is 0 Å². The summed E-state index contributed by atoms with van der Waals surface area (Å²) in [5.74, 6) is -0.117. The topological polar surface area (TPSA) is 41.6 Å². The number of esters is 1. The molecule has 0 aliphatic carbocycles. The average Bonchev–Trinajstić information content (AvgIpc) is 2.41. The molecule has 0 radical (unpaired) electrons. The first-order valence-electron chi connectivity index (χ1n) is 8.19. The van der Waals surface area contributed by atoms with Crippen molar-refractivity contribution in [1.82, 2.24) is 10.2 Å². The van der Waals surface area contributed by atoms with Gasteiger partial charge in [0, 0.05) is 6.04 Å². The van der Waals surface area contributed by atoms with Crippen LogP contribution >= 0.6 is 0 Å². The van der Waals surface area contributed by atoms with Gasteiger partial charge in [-0.1, -0.05) is 13.3 Å². The van der Waals surface area contributed by atoms with Crippen LogP contribution in [-0.2, 0) is 9.53 Å². The molecule has 0 amide bonds. The van der Waals surface area contributed by atoms with Gasteiger partial charge in [0.25, 0.3) is 0 Å². The van der Waals surface area contributed by atoms with Crippen LogP contribution < -0.4 is 5.32 Å². The van der Waals surface area contributed by atoms with E-state index in [1.165, 1.54) is 25.8 Å². The quantitative estimate of drug-likeness (QED) is 0.696. The predicted molar refractivity (Wildman–Crippen MR) is 82.8 cm³/mol. The van der Waals surface area contributed by atoms with Crippen LogP contribution in [0.5, 0.6) is 0 Å². The van der Waals surface area contributed by atoms with Crippen LogP contribution in [0.4, 0.5) is 0 Å². The summed E-state index contributed by atoms with van der Waals surface area (Å²) < 4.78 is 5.21. The van der Waals surface area contributed by atoms with E-state index in [0.717, 1.165) is 25.9 Å². The van der Waals surface area contributed by atoms with Crippen LogP contribution in [0.1, 0.15) is 59.8 Å². The number of likely N-dealkylation sites (tertiary alicyclic amines) is 1. The van der Waals surface area contributed by atoms with Crippen LogP contribution in [0.25, 0.3) is 0 Å². The molecule has 118 valence electrons. The fraction of sp³-hybridized carbons (Fsp3) is 0.938. The number of ether oxygens (including phenoxy) is 1. The van der Waals surface area contributed by atoms with Gasteiger partial charge in [0.15, 0.2) is 0 Å². The maximum Gasteiger partial charge on any atom is 0.326 e. The number of likely N-dealkylation sites (N-methyl/N-ethyl adjacent to an activating group) is 1. The molecular formula is C16H32N2O2. The third-order valence-electron chi connectivity index (χ3n) is 4.36. The number of hydrogen-bond donors (Lipinski definition) is 1. The fourth-order valence-corrected chi connectivity index (χ4v) is 3.07. The number of nitrogens with zero attached hydrogens (tertiary/aromatic N) is 1. The second-order valence-electron chi connectivity index (χ2n) is 6.07. The number of carbonyl (C=O) groups excluding carboxylic acids is 1. The maximum atomic E-state index is 12.1. The van der Waals surface area contributed by atoms with Gasteiger partial charge in [-0.25, -0.2) is 0 Å². The molecule has 1 saturated heterocycles. The molecule has 0 spiro atoms. The highest BCUT2D eigenvalue weighted by Crippen LogP contribution is 2.19. The molecule has 0 aromatic rings. The lowest BCUT2D eigenvalue weighted by molar-refractivity contribution is -0.150. The Morgan fingerprint density at radius 1 is 1.40 bits per heavy atom. The first kappa shape index (κ1) is 17.4. The molecule has 4 nitrogen and oxygen atoms in total.